The summed E-state index contributed by atoms with van der Waals surface area (Å²) in [5.74, 6) is -0.800. The van der Waals surface area contributed by atoms with E-state index >= 15 is 0 Å². The first-order valence-electron chi connectivity index (χ1n) is 9.92. The molecule has 1 N–H and O–H groups in total. The summed E-state index contributed by atoms with van der Waals surface area (Å²) in [5.41, 5.74) is 1.11. The summed E-state index contributed by atoms with van der Waals surface area (Å²) in [4.78, 5) is 12.6. The fraction of sp³-hybridized carbons (Fsp3) is 0.381. The van der Waals surface area contributed by atoms with Gasteiger partial charge in [0.25, 0.3) is 0 Å². The molecule has 31 heavy (non-hydrogen) atoms. The van der Waals surface area contributed by atoms with Crippen molar-refractivity contribution in [2.24, 2.45) is 5.92 Å². The van der Waals surface area contributed by atoms with Gasteiger partial charge in [-0.25, -0.2) is 0 Å². The lowest BCUT2D eigenvalue weighted by Gasteiger charge is -2.13. The van der Waals surface area contributed by atoms with Gasteiger partial charge < -0.3 is 5.32 Å². The van der Waals surface area contributed by atoms with Crippen LogP contribution in [-0.4, -0.2) is 25.5 Å². The minimum Gasteiger partial charge on any atom is -0.323 e. The maximum Gasteiger partial charge on any atom is 0.435 e. The molecule has 1 unspecified atom stereocenters. The number of nitrogens with one attached hydrogen (secondary N) is 1. The summed E-state index contributed by atoms with van der Waals surface area (Å²) in [6.07, 6.45) is 0.403. The van der Waals surface area contributed by atoms with Crippen LogP contribution in [0.15, 0.2) is 42.7 Å². The molecule has 1 aromatic carbocycles. The van der Waals surface area contributed by atoms with Crippen molar-refractivity contribution in [1.29, 1.82) is 0 Å². The van der Waals surface area contributed by atoms with Crippen LogP contribution in [0, 0.1) is 5.92 Å². The molecular weight excluding hydrogens is 431 g/mol. The SMILES string of the molecule is CC(Cn1nc(C(F)(F)F)cc1C1CC1)C(=O)Nc1cnn(Cc2cccc(Cl)c2)c1. The molecule has 2 heterocycles. The number of alkyl halides is 3. The summed E-state index contributed by atoms with van der Waals surface area (Å²) < 4.78 is 42.2. The second-order valence-electron chi connectivity index (χ2n) is 7.86. The van der Waals surface area contributed by atoms with Gasteiger partial charge in [0.2, 0.25) is 5.91 Å². The topological polar surface area (TPSA) is 64.7 Å². The Bertz CT molecular complexity index is 1090. The summed E-state index contributed by atoms with van der Waals surface area (Å²) in [5, 5.41) is 11.3. The molecule has 1 atom stereocenters. The van der Waals surface area contributed by atoms with Crippen LogP contribution in [0.25, 0.3) is 0 Å². The van der Waals surface area contributed by atoms with Crippen molar-refractivity contribution < 1.29 is 18.0 Å². The van der Waals surface area contributed by atoms with Crippen LogP contribution in [0.2, 0.25) is 5.02 Å². The second kappa shape index (κ2) is 8.37. The molecule has 1 aliphatic rings. The Morgan fingerprint density at radius 3 is 2.77 bits per heavy atom. The number of rotatable bonds is 7. The number of benzene rings is 1. The van der Waals surface area contributed by atoms with Crippen molar-refractivity contribution in [3.8, 4) is 0 Å². The van der Waals surface area contributed by atoms with Crippen molar-refractivity contribution in [3.05, 3.63) is 64.7 Å². The van der Waals surface area contributed by atoms with Crippen molar-refractivity contribution in [2.75, 3.05) is 5.32 Å². The number of hydrogen-bond acceptors (Lipinski definition) is 3. The van der Waals surface area contributed by atoms with Crippen LogP contribution < -0.4 is 5.32 Å². The van der Waals surface area contributed by atoms with E-state index in [9.17, 15) is 18.0 Å². The van der Waals surface area contributed by atoms with Gasteiger partial charge in [-0.15, -0.1) is 0 Å². The highest BCUT2D eigenvalue weighted by Crippen LogP contribution is 2.42. The summed E-state index contributed by atoms with van der Waals surface area (Å²) in [7, 11) is 0. The molecule has 1 fully saturated rings. The van der Waals surface area contributed by atoms with E-state index in [1.807, 2.05) is 18.2 Å². The van der Waals surface area contributed by atoms with Gasteiger partial charge in [0, 0.05) is 22.8 Å². The summed E-state index contributed by atoms with van der Waals surface area (Å²) in [6.45, 7) is 2.23. The fourth-order valence-corrected chi connectivity index (χ4v) is 3.58. The Morgan fingerprint density at radius 1 is 1.32 bits per heavy atom. The highest BCUT2D eigenvalue weighted by molar-refractivity contribution is 6.30. The predicted octanol–water partition coefficient (Wildman–Crippen LogP) is 4.95. The highest BCUT2D eigenvalue weighted by atomic mass is 35.5. The predicted molar refractivity (Wildman–Crippen MR) is 110 cm³/mol. The molecule has 10 heteroatoms. The molecule has 3 aromatic rings. The van der Waals surface area contributed by atoms with Gasteiger partial charge in [0.05, 0.1) is 30.9 Å². The molecule has 1 amide bonds. The van der Waals surface area contributed by atoms with Gasteiger partial charge in [-0.1, -0.05) is 30.7 Å². The van der Waals surface area contributed by atoms with Gasteiger partial charge in [-0.05, 0) is 36.6 Å². The maximum absolute atomic E-state index is 13.1. The monoisotopic (exact) mass is 451 g/mol. The Kier molecular flexibility index (Phi) is 5.79. The average molecular weight is 452 g/mol. The van der Waals surface area contributed by atoms with E-state index in [0.29, 0.717) is 22.9 Å². The molecule has 6 nitrogen and oxygen atoms in total. The lowest BCUT2D eigenvalue weighted by Crippen LogP contribution is -2.25. The average Bonchev–Trinajstić information content (AvgIpc) is 3.30. The first-order valence-corrected chi connectivity index (χ1v) is 10.3. The maximum atomic E-state index is 13.1. The first kappa shape index (κ1) is 21.4. The smallest absolute Gasteiger partial charge is 0.323 e. The molecule has 1 aliphatic carbocycles. The van der Waals surface area contributed by atoms with Crippen LogP contribution in [0.1, 0.15) is 42.6 Å². The number of nitrogens with zero attached hydrogens (tertiary/aromatic N) is 4. The molecule has 1 saturated carbocycles. The third kappa shape index (κ3) is 5.28. The van der Waals surface area contributed by atoms with Crippen molar-refractivity contribution >= 4 is 23.2 Å². The van der Waals surface area contributed by atoms with Crippen molar-refractivity contribution in [3.63, 3.8) is 0 Å². The number of aromatic nitrogens is 4. The van der Waals surface area contributed by atoms with Crippen LogP contribution in [0.3, 0.4) is 0 Å². The van der Waals surface area contributed by atoms with E-state index < -0.39 is 17.8 Å². The number of anilines is 1. The van der Waals surface area contributed by atoms with Crippen molar-refractivity contribution in [2.45, 2.75) is 44.9 Å². The largest absolute Gasteiger partial charge is 0.435 e. The Balaban J connectivity index is 1.39. The van der Waals surface area contributed by atoms with Gasteiger partial charge in [0.15, 0.2) is 5.69 Å². The van der Waals surface area contributed by atoms with E-state index in [2.05, 4.69) is 15.5 Å². The molecule has 0 spiro atoms. The minimum absolute atomic E-state index is 0.0738. The Hall–Kier alpha value is -2.81. The van der Waals surface area contributed by atoms with E-state index in [4.69, 9.17) is 11.6 Å². The molecule has 0 aliphatic heterocycles. The third-order valence-electron chi connectivity index (χ3n) is 5.13. The van der Waals surface area contributed by atoms with Crippen LogP contribution in [-0.2, 0) is 24.1 Å². The number of halogens is 4. The van der Waals surface area contributed by atoms with Crippen LogP contribution in [0.5, 0.6) is 0 Å². The highest BCUT2D eigenvalue weighted by Gasteiger charge is 2.38. The van der Waals surface area contributed by atoms with E-state index in [1.165, 1.54) is 10.9 Å². The third-order valence-corrected chi connectivity index (χ3v) is 5.36. The van der Waals surface area contributed by atoms with E-state index in [0.717, 1.165) is 24.5 Å². The lowest BCUT2D eigenvalue weighted by molar-refractivity contribution is -0.141. The van der Waals surface area contributed by atoms with Gasteiger partial charge >= 0.3 is 6.18 Å². The van der Waals surface area contributed by atoms with E-state index in [-0.39, 0.29) is 18.4 Å². The molecule has 164 valence electrons. The quantitative estimate of drug-likeness (QED) is 0.552. The molecule has 0 bridgehead atoms. The summed E-state index contributed by atoms with van der Waals surface area (Å²) in [6, 6.07) is 8.49. The standard InChI is InChI=1S/C21H21ClF3N5O/c1-13(10-30-18(15-5-6-15)8-19(28-30)21(23,24)25)20(31)27-17-9-26-29(12-17)11-14-3-2-4-16(22)7-14/h2-4,7-9,12-13,15H,5-6,10-11H2,1H3,(H,27,31). The Labute approximate surface area is 182 Å². The molecule has 2 aromatic heterocycles. The van der Waals surface area contributed by atoms with Gasteiger partial charge in [-0.2, -0.15) is 23.4 Å². The van der Waals surface area contributed by atoms with Crippen LogP contribution in [0.4, 0.5) is 18.9 Å². The van der Waals surface area contributed by atoms with Gasteiger partial charge in [0.1, 0.15) is 0 Å². The van der Waals surface area contributed by atoms with Crippen molar-refractivity contribution in [1.82, 2.24) is 19.6 Å². The zero-order valence-electron chi connectivity index (χ0n) is 16.7. The zero-order valence-corrected chi connectivity index (χ0v) is 17.5. The fourth-order valence-electron chi connectivity index (χ4n) is 3.37. The zero-order chi connectivity index (χ0) is 22.2. The number of hydrogen-bond donors (Lipinski definition) is 1. The first-order chi connectivity index (χ1) is 14.7. The van der Waals surface area contributed by atoms with Crippen LogP contribution >= 0.6 is 11.6 Å². The van der Waals surface area contributed by atoms with E-state index in [1.54, 1.807) is 23.9 Å². The second-order valence-corrected chi connectivity index (χ2v) is 8.29. The molecular formula is C21H21ClF3N5O. The minimum atomic E-state index is -4.50. The Morgan fingerprint density at radius 2 is 2.10 bits per heavy atom. The molecule has 0 radical (unpaired) electrons. The van der Waals surface area contributed by atoms with Gasteiger partial charge in [-0.3, -0.25) is 14.2 Å². The summed E-state index contributed by atoms with van der Waals surface area (Å²) >= 11 is 5.99. The normalized spacial score (nSPS) is 15.1. The number of amides is 1. The number of carbonyl (C=O) groups excluding carboxylic acids is 1. The molecule has 4 rings (SSSR count). The molecule has 0 saturated heterocycles. The number of carbonyl (C=O) groups is 1. The lowest BCUT2D eigenvalue weighted by atomic mass is 10.1.